The third kappa shape index (κ3) is 6.00. The van der Waals surface area contributed by atoms with E-state index >= 15 is 0 Å². The normalized spacial score (nSPS) is 15.4. The first-order valence-corrected chi connectivity index (χ1v) is 14.2. The second-order valence-electron chi connectivity index (χ2n) is 10.6. The smallest absolute Gasteiger partial charge is 0.252 e. The molecule has 0 bridgehead atoms. The summed E-state index contributed by atoms with van der Waals surface area (Å²) in [7, 11) is 0. The van der Waals surface area contributed by atoms with Gasteiger partial charge in [-0.2, -0.15) is 5.10 Å². The Hall–Kier alpha value is -2.89. The van der Waals surface area contributed by atoms with Crippen LogP contribution in [0.25, 0.3) is 22.3 Å². The zero-order valence-electron chi connectivity index (χ0n) is 22.9. The van der Waals surface area contributed by atoms with E-state index in [0.29, 0.717) is 21.4 Å². The lowest BCUT2D eigenvalue weighted by molar-refractivity contribution is 0.138. The molecule has 0 spiro atoms. The Bertz CT molecular complexity index is 1520. The number of halogens is 1. The number of hydrogen-bond donors (Lipinski definition) is 4. The van der Waals surface area contributed by atoms with Crippen LogP contribution in [0, 0.1) is 13.8 Å². The number of nitrogens with one attached hydrogen (secondary N) is 3. The molecule has 5 rings (SSSR count). The summed E-state index contributed by atoms with van der Waals surface area (Å²) in [6, 6.07) is 12.4. The Kier molecular flexibility index (Phi) is 8.29. The van der Waals surface area contributed by atoms with Crippen LogP contribution in [0.4, 0.5) is 0 Å². The van der Waals surface area contributed by atoms with Crippen molar-refractivity contribution in [3.8, 4) is 11.3 Å². The van der Waals surface area contributed by atoms with Gasteiger partial charge in [0.15, 0.2) is 5.65 Å². The van der Waals surface area contributed by atoms with Crippen LogP contribution in [0.2, 0.25) is 0 Å². The Morgan fingerprint density at radius 1 is 1.13 bits per heavy atom. The fraction of sp³-hybridized carbons (Fsp3) is 0.414. The van der Waals surface area contributed by atoms with Gasteiger partial charge in [0.1, 0.15) is 10.8 Å². The molecule has 0 saturated carbocycles. The molecule has 1 unspecified atom stereocenters. The van der Waals surface area contributed by atoms with Crippen molar-refractivity contribution in [3.63, 3.8) is 0 Å². The van der Waals surface area contributed by atoms with Gasteiger partial charge in [-0.25, -0.2) is 9.67 Å². The summed E-state index contributed by atoms with van der Waals surface area (Å²) >= 11 is 3.59. The monoisotopic (exact) mass is 593 g/mol. The van der Waals surface area contributed by atoms with Gasteiger partial charge in [-0.05, 0) is 66.9 Å². The molecule has 10 heteroatoms. The summed E-state index contributed by atoms with van der Waals surface area (Å²) in [5.41, 5.74) is 6.47. The van der Waals surface area contributed by atoms with Gasteiger partial charge in [0.25, 0.3) is 5.56 Å². The van der Waals surface area contributed by atoms with E-state index in [1.54, 1.807) is 0 Å². The topological polar surface area (TPSA) is 111 Å². The molecule has 1 aliphatic heterocycles. The van der Waals surface area contributed by atoms with Gasteiger partial charge in [0.2, 0.25) is 0 Å². The quantitative estimate of drug-likeness (QED) is 0.229. The second kappa shape index (κ2) is 11.7. The van der Waals surface area contributed by atoms with Crippen LogP contribution in [0.3, 0.4) is 0 Å². The highest BCUT2D eigenvalue weighted by molar-refractivity contribution is 9.10. The number of piperazine rings is 1. The van der Waals surface area contributed by atoms with Crippen LogP contribution in [0.1, 0.15) is 54.1 Å². The molecular formula is C29H36BrN7O2. The summed E-state index contributed by atoms with van der Waals surface area (Å²) in [5.74, 6) is 0. The Morgan fingerprint density at radius 3 is 2.51 bits per heavy atom. The van der Waals surface area contributed by atoms with E-state index < -0.39 is 6.23 Å². The van der Waals surface area contributed by atoms with Crippen LogP contribution >= 0.6 is 15.9 Å². The van der Waals surface area contributed by atoms with E-state index in [4.69, 9.17) is 4.98 Å². The molecular weight excluding hydrogens is 558 g/mol. The zero-order chi connectivity index (χ0) is 27.7. The van der Waals surface area contributed by atoms with E-state index in [1.165, 1.54) is 5.56 Å². The van der Waals surface area contributed by atoms with Gasteiger partial charge in [-0.15, -0.1) is 0 Å². The number of benzene rings is 1. The average molecular weight is 595 g/mol. The van der Waals surface area contributed by atoms with Gasteiger partial charge in [-0.1, -0.05) is 24.3 Å². The van der Waals surface area contributed by atoms with Gasteiger partial charge in [0, 0.05) is 67.7 Å². The van der Waals surface area contributed by atoms with Crippen molar-refractivity contribution < 1.29 is 5.11 Å². The van der Waals surface area contributed by atoms with Crippen LogP contribution in [-0.2, 0) is 13.1 Å². The number of pyridine rings is 2. The first kappa shape index (κ1) is 27.7. The minimum atomic E-state index is -1.04. The fourth-order valence-electron chi connectivity index (χ4n) is 5.16. The van der Waals surface area contributed by atoms with Gasteiger partial charge < -0.3 is 15.4 Å². The number of aromatic amines is 1. The van der Waals surface area contributed by atoms with Crippen molar-refractivity contribution in [2.24, 2.45) is 0 Å². The van der Waals surface area contributed by atoms with E-state index in [9.17, 15) is 9.90 Å². The van der Waals surface area contributed by atoms with Crippen molar-refractivity contribution >= 4 is 27.0 Å². The number of aryl methyl sites for hydroxylation is 2. The Balaban J connectivity index is 1.48. The van der Waals surface area contributed by atoms with E-state index in [0.717, 1.165) is 60.6 Å². The average Bonchev–Trinajstić information content (AvgIpc) is 3.25. The minimum absolute atomic E-state index is 0.0784. The molecule has 206 valence electrons. The number of aliphatic hydroxyl groups is 1. The molecule has 4 heterocycles. The van der Waals surface area contributed by atoms with Crippen molar-refractivity contribution in [1.29, 1.82) is 0 Å². The highest BCUT2D eigenvalue weighted by atomic mass is 79.9. The molecule has 1 saturated heterocycles. The number of H-pyrrole nitrogens is 1. The summed E-state index contributed by atoms with van der Waals surface area (Å²) in [4.78, 5) is 22.8. The highest BCUT2D eigenvalue weighted by Gasteiger charge is 2.22. The first-order chi connectivity index (χ1) is 18.7. The van der Waals surface area contributed by atoms with E-state index in [-0.39, 0.29) is 18.1 Å². The molecule has 1 fully saturated rings. The molecule has 0 aliphatic carbocycles. The number of aromatic nitrogens is 4. The van der Waals surface area contributed by atoms with Gasteiger partial charge in [0.05, 0.1) is 11.1 Å². The molecule has 9 nitrogen and oxygen atoms in total. The molecule has 3 aromatic heterocycles. The second-order valence-corrected chi connectivity index (χ2v) is 11.3. The predicted octanol–water partition coefficient (Wildman–Crippen LogP) is 3.93. The van der Waals surface area contributed by atoms with Crippen molar-refractivity contribution in [2.75, 3.05) is 26.2 Å². The van der Waals surface area contributed by atoms with Crippen LogP contribution in [0.15, 0.2) is 45.8 Å². The summed E-state index contributed by atoms with van der Waals surface area (Å²) in [6.07, 6.45) is -1.04. The lowest BCUT2D eigenvalue weighted by Crippen LogP contribution is -2.42. The summed E-state index contributed by atoms with van der Waals surface area (Å²) in [6.45, 7) is 13.2. The van der Waals surface area contributed by atoms with Crippen LogP contribution < -0.4 is 16.2 Å². The lowest BCUT2D eigenvalue weighted by Gasteiger charge is -2.27. The summed E-state index contributed by atoms with van der Waals surface area (Å²) < 4.78 is 2.49. The molecule has 4 N–H and O–H groups in total. The lowest BCUT2D eigenvalue weighted by atomic mass is 10.0. The number of nitrogens with zero attached hydrogens (tertiary/aromatic N) is 4. The predicted molar refractivity (Wildman–Crippen MR) is 158 cm³/mol. The molecule has 39 heavy (non-hydrogen) atoms. The maximum atomic E-state index is 12.5. The molecule has 0 amide bonds. The van der Waals surface area contributed by atoms with Crippen molar-refractivity contribution in [3.05, 3.63) is 79.3 Å². The maximum absolute atomic E-state index is 12.5. The minimum Gasteiger partial charge on any atom is -0.374 e. The number of aliphatic hydroxyl groups excluding tert-OH is 1. The largest absolute Gasteiger partial charge is 0.374 e. The molecule has 1 aromatic carbocycles. The molecule has 0 radical (unpaired) electrons. The van der Waals surface area contributed by atoms with Gasteiger partial charge >= 0.3 is 0 Å². The molecule has 1 atom stereocenters. The van der Waals surface area contributed by atoms with Crippen LogP contribution in [0.5, 0.6) is 0 Å². The van der Waals surface area contributed by atoms with Gasteiger partial charge in [-0.3, -0.25) is 15.0 Å². The SMILES string of the molecule is Cc1cc(C)c(CNC(O)c2cc(-c3ccc(CN4CCNCC4)cc3)nc3c2c(Br)nn3C(C)C)c(=O)[nH]1. The molecule has 1 aliphatic rings. The van der Waals surface area contributed by atoms with E-state index in [2.05, 4.69) is 79.7 Å². The third-order valence-corrected chi connectivity index (χ3v) is 7.82. The maximum Gasteiger partial charge on any atom is 0.252 e. The molecule has 4 aromatic rings. The summed E-state index contributed by atoms with van der Waals surface area (Å²) in [5, 5.41) is 23.3. The number of rotatable bonds is 8. The van der Waals surface area contributed by atoms with Crippen molar-refractivity contribution in [2.45, 2.75) is 53.1 Å². The zero-order valence-corrected chi connectivity index (χ0v) is 24.5. The fourth-order valence-corrected chi connectivity index (χ4v) is 5.74. The standard InChI is InChI=1S/C29H36BrN7O2/c1-17(2)37-27-25(26(30)35-37)22(28(38)32-15-23-18(3)13-19(4)33-29(23)39)14-24(34-27)21-7-5-20(6-8-21)16-36-11-9-31-10-12-36/h5-8,13-14,17,28,31-32,38H,9-12,15-16H2,1-4H3,(H,33,39). The number of hydrogen-bond acceptors (Lipinski definition) is 7. The highest BCUT2D eigenvalue weighted by Crippen LogP contribution is 2.34. The third-order valence-electron chi connectivity index (χ3n) is 7.26. The van der Waals surface area contributed by atoms with Crippen LogP contribution in [-0.4, -0.2) is 55.9 Å². The van der Waals surface area contributed by atoms with Crippen molar-refractivity contribution in [1.82, 2.24) is 35.3 Å². The Labute approximate surface area is 236 Å². The Morgan fingerprint density at radius 2 is 1.85 bits per heavy atom. The number of fused-ring (bicyclic) bond motifs is 1. The first-order valence-electron chi connectivity index (χ1n) is 13.4. The van der Waals surface area contributed by atoms with E-state index in [1.807, 2.05) is 30.7 Å².